The molecule has 1 unspecified atom stereocenters. The van der Waals surface area contributed by atoms with Crippen LogP contribution in [-0.4, -0.2) is 38.1 Å². The van der Waals surface area contributed by atoms with Crippen molar-refractivity contribution in [2.45, 2.75) is 46.1 Å². The van der Waals surface area contributed by atoms with Gasteiger partial charge in [-0.2, -0.15) is 0 Å². The van der Waals surface area contributed by atoms with Crippen molar-refractivity contribution >= 4 is 11.9 Å². The lowest BCUT2D eigenvalue weighted by Crippen LogP contribution is -2.47. The van der Waals surface area contributed by atoms with Crippen molar-refractivity contribution in [1.82, 2.24) is 10.6 Å². The van der Waals surface area contributed by atoms with Crippen LogP contribution in [0.15, 0.2) is 0 Å². The number of hydrogen-bond donors (Lipinski definition) is 2. The first-order chi connectivity index (χ1) is 8.47. The van der Waals surface area contributed by atoms with E-state index >= 15 is 0 Å². The Bertz CT molecular complexity index is 255. The van der Waals surface area contributed by atoms with Crippen molar-refractivity contribution in [1.29, 1.82) is 0 Å². The molecule has 0 rings (SSSR count). The minimum Gasteiger partial charge on any atom is -0.467 e. The molecule has 0 saturated heterocycles. The van der Waals surface area contributed by atoms with Crippen molar-refractivity contribution in [2.75, 3.05) is 20.2 Å². The number of carbonyl (C=O) groups excluding carboxylic acids is 2. The maximum absolute atomic E-state index is 11.4. The molecule has 1 atom stereocenters. The van der Waals surface area contributed by atoms with E-state index in [1.165, 1.54) is 26.9 Å². The molecule has 1 amide bonds. The van der Waals surface area contributed by atoms with Gasteiger partial charge in [0.05, 0.1) is 7.11 Å². The molecular weight excluding hydrogens is 232 g/mol. The summed E-state index contributed by atoms with van der Waals surface area (Å²) in [5.74, 6) is 0.0825. The first kappa shape index (κ1) is 16.9. The van der Waals surface area contributed by atoms with E-state index < -0.39 is 12.0 Å². The Morgan fingerprint density at radius 1 is 1.22 bits per heavy atom. The number of amides is 1. The summed E-state index contributed by atoms with van der Waals surface area (Å²) in [7, 11) is 1.32. The van der Waals surface area contributed by atoms with Crippen LogP contribution in [0.25, 0.3) is 0 Å². The fourth-order valence-corrected chi connectivity index (χ4v) is 1.63. The van der Waals surface area contributed by atoms with E-state index in [4.69, 9.17) is 0 Å². The van der Waals surface area contributed by atoms with Crippen molar-refractivity contribution in [3.05, 3.63) is 0 Å². The number of ether oxygens (including phenoxy) is 1. The van der Waals surface area contributed by atoms with Gasteiger partial charge in [-0.1, -0.05) is 26.7 Å². The quantitative estimate of drug-likeness (QED) is 0.480. The smallest absolute Gasteiger partial charge is 0.329 e. The first-order valence-electron chi connectivity index (χ1n) is 6.53. The second kappa shape index (κ2) is 9.88. The zero-order valence-electron chi connectivity index (χ0n) is 11.9. The van der Waals surface area contributed by atoms with Crippen LogP contribution in [0.2, 0.25) is 0 Å². The van der Waals surface area contributed by atoms with Crippen molar-refractivity contribution in [3.8, 4) is 0 Å². The van der Waals surface area contributed by atoms with Gasteiger partial charge in [0, 0.05) is 13.5 Å². The Hall–Kier alpha value is -1.10. The van der Waals surface area contributed by atoms with Crippen LogP contribution in [0.5, 0.6) is 0 Å². The molecule has 0 bridgehead atoms. The molecule has 0 saturated carbocycles. The van der Waals surface area contributed by atoms with Crippen LogP contribution in [0.1, 0.15) is 40.0 Å². The first-order valence-corrected chi connectivity index (χ1v) is 6.53. The third kappa shape index (κ3) is 8.98. The van der Waals surface area contributed by atoms with Gasteiger partial charge < -0.3 is 15.4 Å². The molecule has 5 heteroatoms. The zero-order valence-corrected chi connectivity index (χ0v) is 11.9. The molecule has 0 aromatic heterocycles. The van der Waals surface area contributed by atoms with Gasteiger partial charge in [0.15, 0.2) is 0 Å². The van der Waals surface area contributed by atoms with Crippen LogP contribution >= 0.6 is 0 Å². The molecule has 0 aromatic carbocycles. The number of methoxy groups -OCH3 is 1. The maximum atomic E-state index is 11.4. The number of rotatable bonds is 9. The normalized spacial score (nSPS) is 12.3. The lowest BCUT2D eigenvalue weighted by atomic mass is 10.1. The molecule has 0 aromatic rings. The lowest BCUT2D eigenvalue weighted by Gasteiger charge is -2.16. The number of hydrogen-bond acceptors (Lipinski definition) is 4. The largest absolute Gasteiger partial charge is 0.467 e. The van der Waals surface area contributed by atoms with E-state index in [9.17, 15) is 9.59 Å². The molecular formula is C13H26N2O3. The predicted molar refractivity (Wildman–Crippen MR) is 71.2 cm³/mol. The fraction of sp³-hybridized carbons (Fsp3) is 0.846. The van der Waals surface area contributed by atoms with E-state index in [0.717, 1.165) is 18.9 Å². The fourth-order valence-electron chi connectivity index (χ4n) is 1.63. The average molecular weight is 258 g/mol. The highest BCUT2D eigenvalue weighted by molar-refractivity contribution is 5.83. The highest BCUT2D eigenvalue weighted by atomic mass is 16.5. The third-order valence-electron chi connectivity index (χ3n) is 2.60. The molecule has 18 heavy (non-hydrogen) atoms. The molecule has 0 aliphatic heterocycles. The number of unbranched alkanes of at least 4 members (excludes halogenated alkanes) is 1. The molecule has 106 valence electrons. The number of nitrogens with one attached hydrogen (secondary N) is 2. The van der Waals surface area contributed by atoms with Gasteiger partial charge in [-0.15, -0.1) is 0 Å². The molecule has 2 N–H and O–H groups in total. The topological polar surface area (TPSA) is 67.4 Å². The van der Waals surface area contributed by atoms with Gasteiger partial charge in [0.1, 0.15) is 6.04 Å². The molecule has 0 spiro atoms. The van der Waals surface area contributed by atoms with Crippen molar-refractivity contribution in [3.63, 3.8) is 0 Å². The average Bonchev–Trinajstić information content (AvgIpc) is 2.30. The van der Waals surface area contributed by atoms with Gasteiger partial charge >= 0.3 is 5.97 Å². The van der Waals surface area contributed by atoms with Gasteiger partial charge in [-0.05, 0) is 18.9 Å². The Balaban J connectivity index is 3.76. The van der Waals surface area contributed by atoms with Crippen LogP contribution in [-0.2, 0) is 14.3 Å². The Morgan fingerprint density at radius 3 is 2.39 bits per heavy atom. The Labute approximate surface area is 110 Å². The van der Waals surface area contributed by atoms with Crippen LogP contribution < -0.4 is 10.6 Å². The van der Waals surface area contributed by atoms with Gasteiger partial charge in [0.25, 0.3) is 0 Å². The summed E-state index contributed by atoms with van der Waals surface area (Å²) in [6.45, 7) is 7.06. The van der Waals surface area contributed by atoms with E-state index in [0.29, 0.717) is 6.54 Å². The second-order valence-corrected chi connectivity index (χ2v) is 4.87. The molecule has 0 aliphatic carbocycles. The summed E-state index contributed by atoms with van der Waals surface area (Å²) in [5, 5.41) is 5.73. The maximum Gasteiger partial charge on any atom is 0.329 e. The van der Waals surface area contributed by atoms with Gasteiger partial charge in [0.2, 0.25) is 5.91 Å². The third-order valence-corrected chi connectivity index (χ3v) is 2.60. The zero-order chi connectivity index (χ0) is 14.0. The minimum atomic E-state index is -0.599. The summed E-state index contributed by atoms with van der Waals surface area (Å²) >= 11 is 0. The standard InChI is InChI=1S/C13H26N2O3/c1-10(2)7-5-6-8-14-9-12(13(17)18-4)15-11(3)16/h10,12,14H,5-9H2,1-4H3,(H,15,16). The van der Waals surface area contributed by atoms with E-state index in [-0.39, 0.29) is 5.91 Å². The van der Waals surface area contributed by atoms with Crippen LogP contribution in [0.4, 0.5) is 0 Å². The lowest BCUT2D eigenvalue weighted by molar-refractivity contribution is -0.144. The van der Waals surface area contributed by atoms with E-state index in [2.05, 4.69) is 29.2 Å². The molecule has 0 fully saturated rings. The highest BCUT2D eigenvalue weighted by Gasteiger charge is 2.19. The van der Waals surface area contributed by atoms with E-state index in [1.54, 1.807) is 0 Å². The van der Waals surface area contributed by atoms with Crippen molar-refractivity contribution < 1.29 is 14.3 Å². The second-order valence-electron chi connectivity index (χ2n) is 4.87. The van der Waals surface area contributed by atoms with Gasteiger partial charge in [-0.25, -0.2) is 4.79 Å². The summed E-state index contributed by atoms with van der Waals surface area (Å²) in [5.41, 5.74) is 0. The predicted octanol–water partition coefficient (Wildman–Crippen LogP) is 1.08. The molecule has 5 nitrogen and oxygen atoms in total. The molecule has 0 aliphatic rings. The van der Waals surface area contributed by atoms with Crippen molar-refractivity contribution in [2.24, 2.45) is 5.92 Å². The summed E-state index contributed by atoms with van der Waals surface area (Å²) in [4.78, 5) is 22.3. The summed E-state index contributed by atoms with van der Waals surface area (Å²) in [6.07, 6.45) is 3.47. The van der Waals surface area contributed by atoms with E-state index in [1.807, 2.05) is 0 Å². The SMILES string of the molecule is COC(=O)C(CNCCCCC(C)C)NC(C)=O. The highest BCUT2D eigenvalue weighted by Crippen LogP contribution is 2.04. The molecule has 0 radical (unpaired) electrons. The minimum absolute atomic E-state index is 0.230. The Kier molecular flexibility index (Phi) is 9.28. The molecule has 0 heterocycles. The summed E-state index contributed by atoms with van der Waals surface area (Å²) in [6, 6.07) is -0.599. The van der Waals surface area contributed by atoms with Gasteiger partial charge in [-0.3, -0.25) is 4.79 Å². The van der Waals surface area contributed by atoms with Crippen LogP contribution in [0.3, 0.4) is 0 Å². The number of carbonyl (C=O) groups is 2. The summed E-state index contributed by atoms with van der Waals surface area (Å²) < 4.78 is 4.63. The Morgan fingerprint density at radius 2 is 1.89 bits per heavy atom. The van der Waals surface area contributed by atoms with Crippen LogP contribution in [0, 0.1) is 5.92 Å². The monoisotopic (exact) mass is 258 g/mol. The number of esters is 1.